The van der Waals surface area contributed by atoms with E-state index >= 15 is 0 Å². The highest BCUT2D eigenvalue weighted by Crippen LogP contribution is 2.19. The molecule has 0 saturated carbocycles. The standard InChI is InChI=1S/C26H26N4O4/c1-2-33-26(32)23-29-25(34-30-23)22(16-17-8-4-3-5-9-17)28-24(31)21(27)15-18-12-13-19-10-6-7-11-20(19)14-18/h3-14,21-22H,2,15-16,27H2,1H3,(H,28,31)/t21-,22+/m0/s1. The minimum Gasteiger partial charge on any atom is -0.460 e. The second-order valence-electron chi connectivity index (χ2n) is 7.92. The first-order valence-corrected chi connectivity index (χ1v) is 11.1. The van der Waals surface area contributed by atoms with Crippen molar-refractivity contribution >= 4 is 22.6 Å². The molecule has 0 radical (unpaired) electrons. The summed E-state index contributed by atoms with van der Waals surface area (Å²) in [5, 5.41) is 8.83. The number of rotatable bonds is 9. The highest BCUT2D eigenvalue weighted by Gasteiger charge is 2.26. The smallest absolute Gasteiger partial charge is 0.379 e. The molecule has 0 unspecified atom stereocenters. The Morgan fingerprint density at radius 2 is 1.71 bits per heavy atom. The molecule has 174 valence electrons. The molecule has 1 heterocycles. The lowest BCUT2D eigenvalue weighted by atomic mass is 10.0. The maximum absolute atomic E-state index is 13.0. The molecule has 0 aliphatic rings. The highest BCUT2D eigenvalue weighted by molar-refractivity contribution is 5.85. The van der Waals surface area contributed by atoms with Crippen LogP contribution in [0.3, 0.4) is 0 Å². The first-order valence-electron chi connectivity index (χ1n) is 11.1. The highest BCUT2D eigenvalue weighted by atomic mass is 16.5. The molecule has 0 saturated heterocycles. The molecule has 3 aromatic carbocycles. The molecule has 34 heavy (non-hydrogen) atoms. The lowest BCUT2D eigenvalue weighted by Gasteiger charge is -2.18. The molecule has 8 nitrogen and oxygen atoms in total. The third-order valence-electron chi connectivity index (χ3n) is 5.40. The van der Waals surface area contributed by atoms with Crippen molar-refractivity contribution in [3.63, 3.8) is 0 Å². The summed E-state index contributed by atoms with van der Waals surface area (Å²) in [6.45, 7) is 1.88. The minimum absolute atomic E-state index is 0.109. The number of hydrogen-bond acceptors (Lipinski definition) is 7. The van der Waals surface area contributed by atoms with Gasteiger partial charge >= 0.3 is 5.97 Å². The predicted molar refractivity (Wildman–Crippen MR) is 127 cm³/mol. The monoisotopic (exact) mass is 458 g/mol. The molecule has 0 bridgehead atoms. The van der Waals surface area contributed by atoms with Gasteiger partial charge in [0.25, 0.3) is 5.82 Å². The van der Waals surface area contributed by atoms with E-state index in [9.17, 15) is 9.59 Å². The van der Waals surface area contributed by atoms with Gasteiger partial charge in [0.1, 0.15) is 6.04 Å². The van der Waals surface area contributed by atoms with Gasteiger partial charge in [-0.05, 0) is 40.4 Å². The largest absolute Gasteiger partial charge is 0.460 e. The Morgan fingerprint density at radius 1 is 0.971 bits per heavy atom. The fourth-order valence-corrected chi connectivity index (χ4v) is 3.70. The van der Waals surface area contributed by atoms with Gasteiger partial charge in [-0.1, -0.05) is 72.8 Å². The van der Waals surface area contributed by atoms with Crippen molar-refractivity contribution in [1.29, 1.82) is 0 Å². The van der Waals surface area contributed by atoms with Gasteiger partial charge < -0.3 is 20.3 Å². The predicted octanol–water partition coefficient (Wildman–Crippen LogP) is 3.37. The molecule has 8 heteroatoms. The molecule has 1 amide bonds. The van der Waals surface area contributed by atoms with Gasteiger partial charge in [0.2, 0.25) is 11.8 Å². The molecule has 4 rings (SSSR count). The number of aromatic nitrogens is 2. The topological polar surface area (TPSA) is 120 Å². The number of hydrogen-bond donors (Lipinski definition) is 2. The van der Waals surface area contributed by atoms with Crippen LogP contribution in [-0.2, 0) is 22.4 Å². The Morgan fingerprint density at radius 3 is 2.47 bits per heavy atom. The van der Waals surface area contributed by atoms with Gasteiger partial charge in [0.05, 0.1) is 12.6 Å². The summed E-state index contributed by atoms with van der Waals surface area (Å²) < 4.78 is 10.2. The average molecular weight is 459 g/mol. The van der Waals surface area contributed by atoms with Gasteiger partial charge in [0.15, 0.2) is 0 Å². The fraction of sp³-hybridized carbons (Fsp3) is 0.231. The molecule has 0 spiro atoms. The molecule has 0 aliphatic carbocycles. The van der Waals surface area contributed by atoms with Crippen molar-refractivity contribution < 1.29 is 18.8 Å². The van der Waals surface area contributed by atoms with Gasteiger partial charge in [-0.15, -0.1) is 0 Å². The summed E-state index contributed by atoms with van der Waals surface area (Å²) in [6, 6.07) is 22.2. The van der Waals surface area contributed by atoms with Crippen LogP contribution < -0.4 is 11.1 Å². The van der Waals surface area contributed by atoms with Crippen molar-refractivity contribution in [2.45, 2.75) is 31.8 Å². The van der Waals surface area contributed by atoms with Crippen LogP contribution in [0.4, 0.5) is 0 Å². The number of nitrogens with one attached hydrogen (secondary N) is 1. The Kier molecular flexibility index (Phi) is 7.29. The summed E-state index contributed by atoms with van der Waals surface area (Å²) in [5.41, 5.74) is 8.17. The molecular weight excluding hydrogens is 432 g/mol. The second-order valence-corrected chi connectivity index (χ2v) is 7.92. The molecule has 2 atom stereocenters. The normalized spacial score (nSPS) is 12.8. The number of ether oxygens (including phenoxy) is 1. The van der Waals surface area contributed by atoms with Crippen LogP contribution >= 0.6 is 0 Å². The zero-order chi connectivity index (χ0) is 23.9. The fourth-order valence-electron chi connectivity index (χ4n) is 3.70. The maximum atomic E-state index is 13.0. The van der Waals surface area contributed by atoms with E-state index in [0.29, 0.717) is 12.8 Å². The summed E-state index contributed by atoms with van der Waals surface area (Å²) in [4.78, 5) is 29.1. The van der Waals surface area contributed by atoms with Crippen molar-refractivity contribution in [1.82, 2.24) is 15.5 Å². The minimum atomic E-state index is -0.785. The first kappa shape index (κ1) is 23.1. The van der Waals surface area contributed by atoms with Crippen molar-refractivity contribution in [2.75, 3.05) is 6.61 Å². The van der Waals surface area contributed by atoms with E-state index < -0.39 is 18.1 Å². The lowest BCUT2D eigenvalue weighted by molar-refractivity contribution is -0.123. The number of fused-ring (bicyclic) bond motifs is 1. The zero-order valence-electron chi connectivity index (χ0n) is 18.8. The molecule has 4 aromatic rings. The Hall–Kier alpha value is -4.04. The zero-order valence-corrected chi connectivity index (χ0v) is 18.8. The lowest BCUT2D eigenvalue weighted by Crippen LogP contribution is -2.44. The SMILES string of the molecule is CCOC(=O)c1noc([C@@H](Cc2ccccc2)NC(=O)[C@@H](N)Cc2ccc3ccccc3c2)n1. The van der Waals surface area contributed by atoms with Crippen LogP contribution in [-0.4, -0.2) is 34.7 Å². The van der Waals surface area contributed by atoms with E-state index in [0.717, 1.165) is 21.9 Å². The van der Waals surface area contributed by atoms with E-state index in [2.05, 4.69) is 15.5 Å². The van der Waals surface area contributed by atoms with Crippen molar-refractivity contribution in [2.24, 2.45) is 5.73 Å². The summed E-state index contributed by atoms with van der Waals surface area (Å²) in [6.07, 6.45) is 0.756. The van der Waals surface area contributed by atoms with Gasteiger partial charge in [-0.25, -0.2) is 4.79 Å². The van der Waals surface area contributed by atoms with Crippen molar-refractivity contribution in [3.05, 3.63) is 95.6 Å². The molecular formula is C26H26N4O4. The Labute approximate surface area is 197 Å². The number of carbonyl (C=O) groups excluding carboxylic acids is 2. The molecule has 0 aliphatic heterocycles. The summed E-state index contributed by atoms with van der Waals surface area (Å²) in [7, 11) is 0. The van der Waals surface area contributed by atoms with Crippen LogP contribution in [0, 0.1) is 0 Å². The third-order valence-corrected chi connectivity index (χ3v) is 5.40. The Balaban J connectivity index is 1.50. The molecule has 1 aromatic heterocycles. The number of amides is 1. The third kappa shape index (κ3) is 5.65. The number of esters is 1. The van der Waals surface area contributed by atoms with Crippen LogP contribution in [0.5, 0.6) is 0 Å². The number of nitrogens with zero attached hydrogens (tertiary/aromatic N) is 2. The second kappa shape index (κ2) is 10.7. The molecule has 0 fully saturated rings. The Bertz CT molecular complexity index is 1270. The summed E-state index contributed by atoms with van der Waals surface area (Å²) in [5.74, 6) is -1.12. The quantitative estimate of drug-likeness (QED) is 0.369. The average Bonchev–Trinajstić information content (AvgIpc) is 3.35. The van der Waals surface area contributed by atoms with Crippen LogP contribution in [0.1, 0.15) is 40.6 Å². The number of carbonyl (C=O) groups is 2. The van der Waals surface area contributed by atoms with E-state index in [1.807, 2.05) is 72.8 Å². The van der Waals surface area contributed by atoms with Crippen LogP contribution in [0.2, 0.25) is 0 Å². The first-order chi connectivity index (χ1) is 16.5. The van der Waals surface area contributed by atoms with Gasteiger partial charge in [-0.2, -0.15) is 4.98 Å². The van der Waals surface area contributed by atoms with Gasteiger partial charge in [-0.3, -0.25) is 4.79 Å². The molecule has 3 N–H and O–H groups in total. The number of benzene rings is 3. The van der Waals surface area contributed by atoms with Crippen LogP contribution in [0.25, 0.3) is 10.8 Å². The van der Waals surface area contributed by atoms with Gasteiger partial charge in [0, 0.05) is 6.42 Å². The van der Waals surface area contributed by atoms with E-state index in [1.165, 1.54) is 0 Å². The van der Waals surface area contributed by atoms with Crippen LogP contribution in [0.15, 0.2) is 77.3 Å². The van der Waals surface area contributed by atoms with E-state index in [-0.39, 0.29) is 24.2 Å². The number of nitrogens with two attached hydrogens (primary N) is 1. The summed E-state index contributed by atoms with van der Waals surface area (Å²) >= 11 is 0. The van der Waals surface area contributed by atoms with E-state index in [4.69, 9.17) is 15.0 Å². The van der Waals surface area contributed by atoms with Crippen molar-refractivity contribution in [3.8, 4) is 0 Å². The maximum Gasteiger partial charge on any atom is 0.379 e. The van der Waals surface area contributed by atoms with E-state index in [1.54, 1.807) is 6.92 Å².